The summed E-state index contributed by atoms with van der Waals surface area (Å²) < 4.78 is 12.4. The van der Waals surface area contributed by atoms with Crippen LogP contribution in [0.4, 0.5) is 0 Å². The molecule has 35 heavy (non-hydrogen) atoms. The van der Waals surface area contributed by atoms with Gasteiger partial charge in [-0.2, -0.15) is 0 Å². The first-order chi connectivity index (χ1) is 17.0. The van der Waals surface area contributed by atoms with Crippen molar-refractivity contribution in [2.24, 2.45) is 0 Å². The Hall–Kier alpha value is -3.68. The normalized spacial score (nSPS) is 11.9. The second-order valence-corrected chi connectivity index (χ2v) is 8.35. The fourth-order valence-corrected chi connectivity index (χ4v) is 4.28. The molecule has 0 aliphatic carbocycles. The highest BCUT2D eigenvalue weighted by atomic mass is 35.5. The van der Waals surface area contributed by atoms with E-state index in [2.05, 4.69) is 0 Å². The van der Waals surface area contributed by atoms with Crippen molar-refractivity contribution in [3.05, 3.63) is 99.6 Å². The van der Waals surface area contributed by atoms with Crippen LogP contribution in [0.3, 0.4) is 0 Å². The van der Waals surface area contributed by atoms with Crippen LogP contribution < -0.4 is 10.3 Å². The lowest BCUT2D eigenvalue weighted by atomic mass is 10.1. The molecule has 0 bridgehead atoms. The number of amides is 1. The summed E-state index contributed by atoms with van der Waals surface area (Å²) in [5, 5.41) is 0.816. The van der Waals surface area contributed by atoms with Gasteiger partial charge in [-0.3, -0.25) is 14.2 Å². The third-order valence-corrected chi connectivity index (χ3v) is 6.20. The number of benzene rings is 3. The minimum absolute atomic E-state index is 0.251. The van der Waals surface area contributed by atoms with E-state index in [0.29, 0.717) is 45.4 Å². The largest absolute Gasteiger partial charge is 0.495 e. The molecule has 0 aliphatic rings. The number of nitrogens with zero attached hydrogens (tertiary/aromatic N) is 3. The van der Waals surface area contributed by atoms with Crippen LogP contribution in [0.25, 0.3) is 16.6 Å². The van der Waals surface area contributed by atoms with E-state index in [4.69, 9.17) is 26.1 Å². The SMILES string of the molecule is COCCN(C(=O)c1ccccc1Cl)C(C)c1nc2ccccc2c(=O)n1-c1ccccc1OC. The molecule has 0 N–H and O–H groups in total. The van der Waals surface area contributed by atoms with Crippen LogP contribution in [0.15, 0.2) is 77.6 Å². The molecule has 3 aromatic carbocycles. The highest BCUT2D eigenvalue weighted by molar-refractivity contribution is 6.33. The number of carbonyl (C=O) groups excluding carboxylic acids is 1. The fraction of sp³-hybridized carbons (Fsp3) is 0.222. The molecule has 8 heteroatoms. The lowest BCUT2D eigenvalue weighted by Gasteiger charge is -2.31. The maximum atomic E-state index is 13.8. The standard InChI is InChI=1S/C27H26ClN3O4/c1-18(30(16-17-34-2)26(32)19-10-4-6-12-21(19)28)25-29-22-13-7-5-11-20(22)27(33)31(25)23-14-8-9-15-24(23)35-3/h4-15,18H,16-17H2,1-3H3. The molecular weight excluding hydrogens is 466 g/mol. The van der Waals surface area contributed by atoms with Crippen LogP contribution in [0.2, 0.25) is 5.02 Å². The summed E-state index contributed by atoms with van der Waals surface area (Å²) >= 11 is 6.35. The molecule has 0 fully saturated rings. The average molecular weight is 492 g/mol. The number of para-hydroxylation sites is 3. The van der Waals surface area contributed by atoms with Gasteiger partial charge in [0.15, 0.2) is 0 Å². The van der Waals surface area contributed by atoms with Crippen molar-refractivity contribution >= 4 is 28.4 Å². The number of aromatic nitrogens is 2. The van der Waals surface area contributed by atoms with Gasteiger partial charge in [0.1, 0.15) is 11.6 Å². The minimum Gasteiger partial charge on any atom is -0.495 e. The number of halogens is 1. The van der Waals surface area contributed by atoms with Gasteiger partial charge >= 0.3 is 0 Å². The van der Waals surface area contributed by atoms with Crippen molar-refractivity contribution in [2.75, 3.05) is 27.4 Å². The zero-order valence-corrected chi connectivity index (χ0v) is 20.5. The van der Waals surface area contributed by atoms with Crippen LogP contribution in [0, 0.1) is 0 Å². The molecule has 4 aromatic rings. The molecule has 7 nitrogen and oxygen atoms in total. The van der Waals surface area contributed by atoms with Gasteiger partial charge in [0.25, 0.3) is 11.5 Å². The topological polar surface area (TPSA) is 73.7 Å². The minimum atomic E-state index is -0.601. The van der Waals surface area contributed by atoms with Crippen LogP contribution in [-0.4, -0.2) is 47.7 Å². The van der Waals surface area contributed by atoms with Crippen molar-refractivity contribution in [1.82, 2.24) is 14.5 Å². The molecule has 1 amide bonds. The number of rotatable bonds is 8. The molecule has 1 atom stereocenters. The number of ether oxygens (including phenoxy) is 2. The van der Waals surface area contributed by atoms with Crippen LogP contribution in [0.1, 0.15) is 29.1 Å². The lowest BCUT2D eigenvalue weighted by molar-refractivity contribution is 0.0605. The first-order valence-electron chi connectivity index (χ1n) is 11.2. The van der Waals surface area contributed by atoms with E-state index in [9.17, 15) is 9.59 Å². The van der Waals surface area contributed by atoms with E-state index in [0.717, 1.165) is 0 Å². The Bertz CT molecular complexity index is 1420. The van der Waals surface area contributed by atoms with Crippen molar-refractivity contribution in [3.63, 3.8) is 0 Å². The molecule has 1 unspecified atom stereocenters. The molecule has 180 valence electrons. The molecular formula is C27H26ClN3O4. The van der Waals surface area contributed by atoms with Gasteiger partial charge in [-0.15, -0.1) is 0 Å². The summed E-state index contributed by atoms with van der Waals surface area (Å²) in [5.41, 5.74) is 1.20. The molecule has 0 radical (unpaired) electrons. The van der Waals surface area contributed by atoms with E-state index >= 15 is 0 Å². The highest BCUT2D eigenvalue weighted by Gasteiger charge is 2.29. The van der Waals surface area contributed by atoms with Gasteiger partial charge in [0.2, 0.25) is 0 Å². The third kappa shape index (κ3) is 4.78. The Kier molecular flexibility index (Phi) is 7.48. The Balaban J connectivity index is 1.95. The Labute approximate surface area is 208 Å². The van der Waals surface area contributed by atoms with Crippen LogP contribution in [-0.2, 0) is 4.74 Å². The van der Waals surface area contributed by atoms with Crippen LogP contribution in [0.5, 0.6) is 5.75 Å². The van der Waals surface area contributed by atoms with E-state index < -0.39 is 6.04 Å². The number of methoxy groups -OCH3 is 2. The first-order valence-corrected chi connectivity index (χ1v) is 11.5. The quantitative estimate of drug-likeness (QED) is 0.350. The number of hydrogen-bond acceptors (Lipinski definition) is 5. The van der Waals surface area contributed by atoms with Gasteiger partial charge in [0, 0.05) is 13.7 Å². The second kappa shape index (κ2) is 10.7. The molecule has 0 saturated heterocycles. The molecule has 0 saturated carbocycles. The number of fused-ring (bicyclic) bond motifs is 1. The summed E-state index contributed by atoms with van der Waals surface area (Å²) in [6.45, 7) is 2.41. The summed E-state index contributed by atoms with van der Waals surface area (Å²) in [4.78, 5) is 33.9. The van der Waals surface area contributed by atoms with Gasteiger partial charge in [-0.25, -0.2) is 4.98 Å². The predicted molar refractivity (Wildman–Crippen MR) is 137 cm³/mol. The summed E-state index contributed by atoms with van der Waals surface area (Å²) in [7, 11) is 3.12. The van der Waals surface area contributed by atoms with Crippen molar-refractivity contribution in [1.29, 1.82) is 0 Å². The van der Waals surface area contributed by atoms with Crippen molar-refractivity contribution < 1.29 is 14.3 Å². The highest BCUT2D eigenvalue weighted by Crippen LogP contribution is 2.29. The van der Waals surface area contributed by atoms with Crippen LogP contribution >= 0.6 is 11.6 Å². The Morgan fingerprint density at radius 1 is 1.03 bits per heavy atom. The fourth-order valence-electron chi connectivity index (χ4n) is 4.07. The third-order valence-electron chi connectivity index (χ3n) is 5.87. The van der Waals surface area contributed by atoms with E-state index in [1.807, 2.05) is 25.1 Å². The van der Waals surface area contributed by atoms with Gasteiger partial charge in [-0.05, 0) is 43.3 Å². The van der Waals surface area contributed by atoms with Gasteiger partial charge in [-0.1, -0.05) is 48.0 Å². The molecule has 4 rings (SSSR count). The zero-order valence-electron chi connectivity index (χ0n) is 19.8. The van der Waals surface area contributed by atoms with Gasteiger partial charge in [0.05, 0.1) is 46.9 Å². The molecule has 0 spiro atoms. The smallest absolute Gasteiger partial charge is 0.266 e. The Morgan fingerprint density at radius 2 is 1.71 bits per heavy atom. The van der Waals surface area contributed by atoms with E-state index in [1.54, 1.807) is 73.7 Å². The predicted octanol–water partition coefficient (Wildman–Crippen LogP) is 4.90. The Morgan fingerprint density at radius 3 is 2.46 bits per heavy atom. The molecule has 1 heterocycles. The van der Waals surface area contributed by atoms with E-state index in [-0.39, 0.29) is 18.0 Å². The molecule has 1 aromatic heterocycles. The van der Waals surface area contributed by atoms with E-state index in [1.165, 1.54) is 4.57 Å². The molecule has 0 aliphatic heterocycles. The van der Waals surface area contributed by atoms with Gasteiger partial charge < -0.3 is 14.4 Å². The second-order valence-electron chi connectivity index (χ2n) is 7.95. The number of carbonyl (C=O) groups is 1. The maximum absolute atomic E-state index is 13.8. The first kappa shape index (κ1) is 24.4. The lowest BCUT2D eigenvalue weighted by Crippen LogP contribution is -2.39. The summed E-state index contributed by atoms with van der Waals surface area (Å²) in [6, 6.07) is 20.7. The van der Waals surface area contributed by atoms with Crippen molar-refractivity contribution in [3.8, 4) is 11.4 Å². The summed E-state index contributed by atoms with van der Waals surface area (Å²) in [5.74, 6) is 0.629. The maximum Gasteiger partial charge on any atom is 0.266 e. The number of hydrogen-bond donors (Lipinski definition) is 0. The average Bonchev–Trinajstić information content (AvgIpc) is 2.89. The summed E-state index contributed by atoms with van der Waals surface area (Å²) in [6.07, 6.45) is 0. The monoisotopic (exact) mass is 491 g/mol. The van der Waals surface area contributed by atoms with Crippen molar-refractivity contribution in [2.45, 2.75) is 13.0 Å². The zero-order chi connectivity index (χ0) is 24.9.